The van der Waals surface area contributed by atoms with E-state index in [9.17, 15) is 9.18 Å². The summed E-state index contributed by atoms with van der Waals surface area (Å²) in [6, 6.07) is 7.97. The van der Waals surface area contributed by atoms with Crippen molar-refractivity contribution in [2.45, 2.75) is 18.9 Å². The lowest BCUT2D eigenvalue weighted by molar-refractivity contribution is 0.0669. The van der Waals surface area contributed by atoms with Crippen molar-refractivity contribution in [3.8, 4) is 11.3 Å². The molecule has 3 heterocycles. The van der Waals surface area contributed by atoms with Gasteiger partial charge in [-0.2, -0.15) is 0 Å². The molecular formula is C18H17FN4O2. The summed E-state index contributed by atoms with van der Waals surface area (Å²) in [4.78, 5) is 18.6. The summed E-state index contributed by atoms with van der Waals surface area (Å²) in [7, 11) is 0. The Morgan fingerprint density at radius 2 is 2.20 bits per heavy atom. The molecule has 1 aliphatic heterocycles. The minimum atomic E-state index is -0.407. The number of nitrogens with zero attached hydrogens (tertiary/aromatic N) is 4. The molecule has 6 nitrogen and oxygen atoms in total. The molecular weight excluding hydrogens is 323 g/mol. The van der Waals surface area contributed by atoms with Crippen LogP contribution in [0.3, 0.4) is 0 Å². The van der Waals surface area contributed by atoms with Gasteiger partial charge >= 0.3 is 0 Å². The van der Waals surface area contributed by atoms with Gasteiger partial charge in [0.2, 0.25) is 0 Å². The number of rotatable bonds is 3. The van der Waals surface area contributed by atoms with Crippen LogP contribution >= 0.6 is 0 Å². The second kappa shape index (κ2) is 6.51. The number of aromatic nitrogens is 3. The molecule has 7 heteroatoms. The van der Waals surface area contributed by atoms with E-state index < -0.39 is 5.82 Å². The summed E-state index contributed by atoms with van der Waals surface area (Å²) < 4.78 is 21.1. The van der Waals surface area contributed by atoms with Gasteiger partial charge < -0.3 is 14.0 Å². The highest BCUT2D eigenvalue weighted by Gasteiger charge is 2.27. The van der Waals surface area contributed by atoms with Gasteiger partial charge in [-0.1, -0.05) is 17.3 Å². The Balaban J connectivity index is 1.52. The standard InChI is InChI=1S/C18H17FN4O2/c19-15-6-2-1-5-14(15)17-10-16(21-25-17)18(24)22-8-3-4-13(11-22)23-9-7-20-12-23/h1-2,5-7,9-10,12-13H,3-4,8,11H2/t13-/m0/s1. The molecule has 0 radical (unpaired) electrons. The number of benzene rings is 1. The van der Waals surface area contributed by atoms with Crippen molar-refractivity contribution in [1.82, 2.24) is 19.6 Å². The van der Waals surface area contributed by atoms with Crippen LogP contribution in [0.5, 0.6) is 0 Å². The molecule has 0 aliphatic carbocycles. The van der Waals surface area contributed by atoms with Crippen LogP contribution in [0.4, 0.5) is 4.39 Å². The fourth-order valence-electron chi connectivity index (χ4n) is 3.19. The van der Waals surface area contributed by atoms with E-state index >= 15 is 0 Å². The Hall–Kier alpha value is -2.96. The topological polar surface area (TPSA) is 64.2 Å². The van der Waals surface area contributed by atoms with Crippen molar-refractivity contribution in [1.29, 1.82) is 0 Å². The van der Waals surface area contributed by atoms with Crippen LogP contribution in [0.25, 0.3) is 11.3 Å². The zero-order chi connectivity index (χ0) is 17.2. The molecule has 0 saturated carbocycles. The van der Waals surface area contributed by atoms with Crippen molar-refractivity contribution in [2.24, 2.45) is 0 Å². The number of piperidine rings is 1. The molecule has 25 heavy (non-hydrogen) atoms. The number of likely N-dealkylation sites (tertiary alicyclic amines) is 1. The monoisotopic (exact) mass is 340 g/mol. The van der Waals surface area contributed by atoms with E-state index in [1.54, 1.807) is 35.6 Å². The van der Waals surface area contributed by atoms with Crippen molar-refractivity contribution in [3.63, 3.8) is 0 Å². The fourth-order valence-corrected chi connectivity index (χ4v) is 3.19. The van der Waals surface area contributed by atoms with E-state index in [2.05, 4.69) is 10.1 Å². The van der Waals surface area contributed by atoms with E-state index in [1.165, 1.54) is 12.1 Å². The first-order valence-corrected chi connectivity index (χ1v) is 8.20. The molecule has 1 atom stereocenters. The molecule has 0 spiro atoms. The average Bonchev–Trinajstić information content (AvgIpc) is 3.34. The quantitative estimate of drug-likeness (QED) is 0.735. The van der Waals surface area contributed by atoms with E-state index in [0.29, 0.717) is 18.7 Å². The van der Waals surface area contributed by atoms with Crippen molar-refractivity contribution in [3.05, 3.63) is 60.6 Å². The highest BCUT2D eigenvalue weighted by molar-refractivity contribution is 5.93. The molecule has 1 saturated heterocycles. The maximum Gasteiger partial charge on any atom is 0.276 e. The zero-order valence-corrected chi connectivity index (χ0v) is 13.5. The lowest BCUT2D eigenvalue weighted by Crippen LogP contribution is -2.40. The summed E-state index contributed by atoms with van der Waals surface area (Å²) in [6.07, 6.45) is 7.32. The second-order valence-electron chi connectivity index (χ2n) is 6.11. The third-order valence-electron chi connectivity index (χ3n) is 4.50. The molecule has 1 amide bonds. The maximum atomic E-state index is 13.9. The number of carbonyl (C=O) groups is 1. The van der Waals surface area contributed by atoms with Gasteiger partial charge in [0.1, 0.15) is 5.82 Å². The molecule has 4 rings (SSSR count). The second-order valence-corrected chi connectivity index (χ2v) is 6.11. The minimum Gasteiger partial charge on any atom is -0.355 e. The largest absolute Gasteiger partial charge is 0.355 e. The number of hydrogen-bond acceptors (Lipinski definition) is 4. The maximum absolute atomic E-state index is 13.9. The van der Waals surface area contributed by atoms with Crippen LogP contribution in [-0.2, 0) is 0 Å². The predicted octanol–water partition coefficient (Wildman–Crippen LogP) is 3.15. The summed E-state index contributed by atoms with van der Waals surface area (Å²) >= 11 is 0. The van der Waals surface area contributed by atoms with E-state index in [4.69, 9.17) is 4.52 Å². The van der Waals surface area contributed by atoms with Gasteiger partial charge in [-0.3, -0.25) is 4.79 Å². The van der Waals surface area contributed by atoms with Gasteiger partial charge in [-0.05, 0) is 25.0 Å². The van der Waals surface area contributed by atoms with Crippen LogP contribution in [-0.4, -0.2) is 38.6 Å². The minimum absolute atomic E-state index is 0.198. The SMILES string of the molecule is O=C(c1cc(-c2ccccc2F)on1)N1CCC[C@H](n2ccnc2)C1. The highest BCUT2D eigenvalue weighted by Crippen LogP contribution is 2.26. The first-order valence-electron chi connectivity index (χ1n) is 8.20. The molecule has 3 aromatic rings. The molecule has 0 unspecified atom stereocenters. The lowest BCUT2D eigenvalue weighted by atomic mass is 10.0. The van der Waals surface area contributed by atoms with Gasteiger partial charge in [0.15, 0.2) is 11.5 Å². The van der Waals surface area contributed by atoms with Gasteiger partial charge in [0.05, 0.1) is 17.9 Å². The Kier molecular flexibility index (Phi) is 4.05. The number of hydrogen-bond donors (Lipinski definition) is 0. The van der Waals surface area contributed by atoms with Gasteiger partial charge in [-0.15, -0.1) is 0 Å². The third kappa shape index (κ3) is 3.05. The Morgan fingerprint density at radius 1 is 1.32 bits per heavy atom. The van der Waals surface area contributed by atoms with E-state index in [1.807, 2.05) is 10.8 Å². The third-order valence-corrected chi connectivity index (χ3v) is 4.50. The van der Waals surface area contributed by atoms with Crippen LogP contribution in [0.2, 0.25) is 0 Å². The molecule has 1 aromatic carbocycles. The molecule has 2 aromatic heterocycles. The summed E-state index contributed by atoms with van der Waals surface area (Å²) in [5, 5.41) is 3.84. The number of imidazole rings is 1. The smallest absolute Gasteiger partial charge is 0.276 e. The highest BCUT2D eigenvalue weighted by atomic mass is 19.1. The zero-order valence-electron chi connectivity index (χ0n) is 13.5. The van der Waals surface area contributed by atoms with Gasteiger partial charge in [-0.25, -0.2) is 9.37 Å². The number of amides is 1. The van der Waals surface area contributed by atoms with E-state index in [-0.39, 0.29) is 23.4 Å². The lowest BCUT2D eigenvalue weighted by Gasteiger charge is -2.32. The number of halogens is 1. The average molecular weight is 340 g/mol. The Morgan fingerprint density at radius 3 is 3.00 bits per heavy atom. The molecule has 0 N–H and O–H groups in total. The Bertz CT molecular complexity index is 875. The normalized spacial score (nSPS) is 17.6. The van der Waals surface area contributed by atoms with Crippen molar-refractivity contribution in [2.75, 3.05) is 13.1 Å². The van der Waals surface area contributed by atoms with Crippen LogP contribution in [0.15, 0.2) is 53.6 Å². The van der Waals surface area contributed by atoms with Crippen LogP contribution in [0.1, 0.15) is 29.4 Å². The van der Waals surface area contributed by atoms with E-state index in [0.717, 1.165) is 12.8 Å². The van der Waals surface area contributed by atoms with Crippen LogP contribution < -0.4 is 0 Å². The molecule has 1 aliphatic rings. The summed E-state index contributed by atoms with van der Waals surface area (Å²) in [5.74, 6) is -0.350. The molecule has 128 valence electrons. The fraction of sp³-hybridized carbons (Fsp3) is 0.278. The molecule has 1 fully saturated rings. The van der Waals surface area contributed by atoms with Gasteiger partial charge in [0, 0.05) is 31.5 Å². The Labute approximate surface area is 143 Å². The molecule has 0 bridgehead atoms. The number of carbonyl (C=O) groups excluding carboxylic acids is 1. The summed E-state index contributed by atoms with van der Waals surface area (Å²) in [5.41, 5.74) is 0.494. The van der Waals surface area contributed by atoms with Crippen molar-refractivity contribution < 1.29 is 13.7 Å². The van der Waals surface area contributed by atoms with Crippen LogP contribution in [0, 0.1) is 5.82 Å². The first-order chi connectivity index (χ1) is 12.2. The predicted molar refractivity (Wildman–Crippen MR) is 88.3 cm³/mol. The van der Waals surface area contributed by atoms with Gasteiger partial charge in [0.25, 0.3) is 5.91 Å². The first kappa shape index (κ1) is 15.6. The van der Waals surface area contributed by atoms with Crippen molar-refractivity contribution >= 4 is 5.91 Å². The summed E-state index contributed by atoms with van der Waals surface area (Å²) in [6.45, 7) is 1.27.